The zero-order valence-corrected chi connectivity index (χ0v) is 18.4. The van der Waals surface area contributed by atoms with Crippen molar-refractivity contribution in [2.24, 2.45) is 5.92 Å². The number of amides is 2. The van der Waals surface area contributed by atoms with E-state index in [1.165, 1.54) is 11.3 Å². The lowest BCUT2D eigenvalue weighted by Gasteiger charge is -2.41. The fraction of sp³-hybridized carbons (Fsp3) is 0.304. The molecule has 0 bridgehead atoms. The van der Waals surface area contributed by atoms with E-state index in [-0.39, 0.29) is 36.4 Å². The molecule has 0 saturated carbocycles. The molecule has 32 heavy (non-hydrogen) atoms. The maximum absolute atomic E-state index is 13.7. The minimum atomic E-state index is -0.418. The summed E-state index contributed by atoms with van der Waals surface area (Å²) in [7, 11) is 0. The summed E-state index contributed by atoms with van der Waals surface area (Å²) in [6.45, 7) is 2.44. The predicted octanol–water partition coefficient (Wildman–Crippen LogP) is 2.75. The van der Waals surface area contributed by atoms with Gasteiger partial charge in [0.1, 0.15) is 0 Å². The number of benzene rings is 1. The summed E-state index contributed by atoms with van der Waals surface area (Å²) < 4.78 is 0. The molecule has 2 aromatic heterocycles. The van der Waals surface area contributed by atoms with Crippen molar-refractivity contribution in [1.82, 2.24) is 14.9 Å². The van der Waals surface area contributed by atoms with Crippen LogP contribution in [0.3, 0.4) is 0 Å². The largest absolute Gasteiger partial charge is 0.369 e. The summed E-state index contributed by atoms with van der Waals surface area (Å²) in [5.74, 6) is -0.442. The van der Waals surface area contributed by atoms with Gasteiger partial charge < -0.3 is 15.5 Å². The SMILES string of the molecule is Cc1ccc(N2C(=O)CCC(C(=O)N3Cc4nc(N)[nH]c(=O)c4C3)C2c2cccs2)cc1. The van der Waals surface area contributed by atoms with Crippen LogP contribution in [-0.4, -0.2) is 26.7 Å². The molecule has 0 radical (unpaired) electrons. The number of anilines is 2. The maximum Gasteiger partial charge on any atom is 0.257 e. The minimum absolute atomic E-state index is 0.00638. The van der Waals surface area contributed by atoms with Crippen LogP contribution in [0.2, 0.25) is 0 Å². The van der Waals surface area contributed by atoms with Crippen LogP contribution < -0.4 is 16.2 Å². The Hall–Kier alpha value is -3.46. The summed E-state index contributed by atoms with van der Waals surface area (Å²) in [4.78, 5) is 50.2. The Bertz CT molecular complexity index is 1240. The number of nitrogens with zero attached hydrogens (tertiary/aromatic N) is 3. The Kier molecular flexibility index (Phi) is 5.05. The van der Waals surface area contributed by atoms with Crippen LogP contribution in [0.15, 0.2) is 46.6 Å². The van der Waals surface area contributed by atoms with Gasteiger partial charge in [-0.1, -0.05) is 23.8 Å². The molecule has 1 saturated heterocycles. The molecule has 9 heteroatoms. The van der Waals surface area contributed by atoms with E-state index in [0.29, 0.717) is 24.1 Å². The second-order valence-corrected chi connectivity index (χ2v) is 9.25. The van der Waals surface area contributed by atoms with Gasteiger partial charge in [0, 0.05) is 17.0 Å². The first kappa shape index (κ1) is 20.4. The number of nitrogens with two attached hydrogens (primary N) is 1. The van der Waals surface area contributed by atoms with Gasteiger partial charge in [0.2, 0.25) is 17.8 Å². The number of aromatic amines is 1. The lowest BCUT2D eigenvalue weighted by Crippen LogP contribution is -2.48. The fourth-order valence-electron chi connectivity index (χ4n) is 4.62. The highest BCUT2D eigenvalue weighted by Gasteiger charge is 2.44. The van der Waals surface area contributed by atoms with Crippen molar-refractivity contribution in [3.8, 4) is 0 Å². The van der Waals surface area contributed by atoms with E-state index in [1.807, 2.05) is 48.7 Å². The number of nitrogen functional groups attached to an aromatic ring is 1. The molecule has 5 rings (SSSR count). The number of piperidine rings is 1. The molecule has 2 aliphatic heterocycles. The van der Waals surface area contributed by atoms with Crippen molar-refractivity contribution >= 4 is 34.8 Å². The number of carbonyl (C=O) groups is 2. The Balaban J connectivity index is 1.50. The smallest absolute Gasteiger partial charge is 0.257 e. The van der Waals surface area contributed by atoms with Crippen LogP contribution in [-0.2, 0) is 22.7 Å². The average Bonchev–Trinajstić information content (AvgIpc) is 3.44. The summed E-state index contributed by atoms with van der Waals surface area (Å²) in [5.41, 5.74) is 8.27. The first-order valence-corrected chi connectivity index (χ1v) is 11.4. The van der Waals surface area contributed by atoms with Crippen molar-refractivity contribution in [2.45, 2.75) is 38.9 Å². The normalized spacial score (nSPS) is 20.5. The molecule has 2 unspecified atom stereocenters. The van der Waals surface area contributed by atoms with E-state index in [2.05, 4.69) is 9.97 Å². The van der Waals surface area contributed by atoms with Crippen molar-refractivity contribution in [3.63, 3.8) is 0 Å². The Morgan fingerprint density at radius 1 is 1.19 bits per heavy atom. The zero-order valence-electron chi connectivity index (χ0n) is 17.6. The van der Waals surface area contributed by atoms with Gasteiger partial charge >= 0.3 is 0 Å². The number of aryl methyl sites for hydroxylation is 1. The van der Waals surface area contributed by atoms with Gasteiger partial charge in [0.05, 0.1) is 36.3 Å². The number of H-pyrrole nitrogens is 1. The number of rotatable bonds is 3. The van der Waals surface area contributed by atoms with Crippen LogP contribution >= 0.6 is 11.3 Å². The standard InChI is InChI=1S/C23H23N5O3S/c1-13-4-6-14(7-5-13)28-19(29)9-8-15(20(28)18-3-2-10-32-18)22(31)27-11-16-17(12-27)25-23(24)26-21(16)30/h2-7,10,15,20H,8-9,11-12H2,1H3,(H3,24,25,26,30). The highest BCUT2D eigenvalue weighted by molar-refractivity contribution is 7.10. The van der Waals surface area contributed by atoms with E-state index in [9.17, 15) is 14.4 Å². The lowest BCUT2D eigenvalue weighted by molar-refractivity contribution is -0.139. The van der Waals surface area contributed by atoms with E-state index in [0.717, 1.165) is 16.1 Å². The molecule has 0 aliphatic carbocycles. The fourth-order valence-corrected chi connectivity index (χ4v) is 5.50. The number of thiophene rings is 1. The van der Waals surface area contributed by atoms with E-state index >= 15 is 0 Å². The maximum atomic E-state index is 13.7. The lowest BCUT2D eigenvalue weighted by atomic mass is 9.86. The molecule has 0 spiro atoms. The third-order valence-electron chi connectivity index (χ3n) is 6.18. The van der Waals surface area contributed by atoms with Crippen molar-refractivity contribution in [2.75, 3.05) is 10.6 Å². The molecular weight excluding hydrogens is 426 g/mol. The number of hydrogen-bond acceptors (Lipinski definition) is 6. The number of hydrogen-bond donors (Lipinski definition) is 2. The van der Waals surface area contributed by atoms with Crippen molar-refractivity contribution in [3.05, 3.63) is 73.8 Å². The quantitative estimate of drug-likeness (QED) is 0.639. The summed E-state index contributed by atoms with van der Waals surface area (Å²) in [5, 5.41) is 1.96. The van der Waals surface area contributed by atoms with Gasteiger partial charge in [-0.25, -0.2) is 4.98 Å². The van der Waals surface area contributed by atoms with Crippen LogP contribution in [0.1, 0.15) is 40.6 Å². The van der Waals surface area contributed by atoms with Crippen LogP contribution in [0.4, 0.5) is 11.6 Å². The zero-order chi connectivity index (χ0) is 22.4. The molecule has 3 N–H and O–H groups in total. The first-order chi connectivity index (χ1) is 15.4. The molecule has 2 atom stereocenters. The second kappa shape index (κ2) is 7.90. The molecule has 1 aromatic carbocycles. The van der Waals surface area contributed by atoms with Crippen LogP contribution in [0.5, 0.6) is 0 Å². The number of carbonyl (C=O) groups excluding carboxylic acids is 2. The second-order valence-electron chi connectivity index (χ2n) is 8.28. The van der Waals surface area contributed by atoms with E-state index in [1.54, 1.807) is 9.80 Å². The van der Waals surface area contributed by atoms with Crippen molar-refractivity contribution in [1.29, 1.82) is 0 Å². The van der Waals surface area contributed by atoms with Gasteiger partial charge in [0.25, 0.3) is 5.56 Å². The highest BCUT2D eigenvalue weighted by atomic mass is 32.1. The monoisotopic (exact) mass is 449 g/mol. The predicted molar refractivity (Wildman–Crippen MR) is 122 cm³/mol. The number of fused-ring (bicyclic) bond motifs is 1. The van der Waals surface area contributed by atoms with Crippen molar-refractivity contribution < 1.29 is 9.59 Å². The third-order valence-corrected chi connectivity index (χ3v) is 7.12. The summed E-state index contributed by atoms with van der Waals surface area (Å²) >= 11 is 1.54. The molecule has 2 amide bonds. The van der Waals surface area contributed by atoms with Gasteiger partial charge in [-0.3, -0.25) is 19.4 Å². The van der Waals surface area contributed by atoms with Gasteiger partial charge in [-0.2, -0.15) is 0 Å². The Morgan fingerprint density at radius 3 is 2.69 bits per heavy atom. The number of nitrogens with one attached hydrogen (secondary N) is 1. The first-order valence-electron chi connectivity index (χ1n) is 10.5. The molecular formula is C23H23N5O3S. The minimum Gasteiger partial charge on any atom is -0.369 e. The molecule has 2 aliphatic rings. The van der Waals surface area contributed by atoms with Crippen LogP contribution in [0.25, 0.3) is 0 Å². The van der Waals surface area contributed by atoms with E-state index < -0.39 is 12.0 Å². The highest BCUT2D eigenvalue weighted by Crippen LogP contribution is 2.43. The molecule has 1 fully saturated rings. The third kappa shape index (κ3) is 3.48. The summed E-state index contributed by atoms with van der Waals surface area (Å²) in [6.07, 6.45) is 0.750. The van der Waals surface area contributed by atoms with Crippen LogP contribution in [0, 0.1) is 12.8 Å². The topological polar surface area (TPSA) is 112 Å². The molecule has 8 nitrogen and oxygen atoms in total. The van der Waals surface area contributed by atoms with E-state index in [4.69, 9.17) is 5.73 Å². The number of aromatic nitrogens is 2. The van der Waals surface area contributed by atoms with Gasteiger partial charge in [0.15, 0.2) is 0 Å². The van der Waals surface area contributed by atoms with Gasteiger partial charge in [-0.05, 0) is 36.9 Å². The molecule has 4 heterocycles. The molecule has 164 valence electrons. The Labute approximate surface area is 188 Å². The Morgan fingerprint density at radius 2 is 1.97 bits per heavy atom. The average molecular weight is 450 g/mol. The summed E-state index contributed by atoms with van der Waals surface area (Å²) in [6, 6.07) is 11.3. The molecule has 3 aromatic rings. The van der Waals surface area contributed by atoms with Gasteiger partial charge in [-0.15, -0.1) is 11.3 Å².